The summed E-state index contributed by atoms with van der Waals surface area (Å²) in [7, 11) is 1.63. The van der Waals surface area contributed by atoms with Crippen molar-refractivity contribution in [1.82, 2.24) is 5.43 Å². The lowest BCUT2D eigenvalue weighted by Gasteiger charge is -2.09. The molecule has 2 rings (SSSR count). The molecule has 126 valence electrons. The van der Waals surface area contributed by atoms with Crippen molar-refractivity contribution in [3.8, 4) is 11.5 Å². The van der Waals surface area contributed by atoms with E-state index < -0.39 is 0 Å². The summed E-state index contributed by atoms with van der Waals surface area (Å²) in [6, 6.07) is 11.4. The van der Waals surface area contributed by atoms with E-state index >= 15 is 0 Å². The molecule has 0 radical (unpaired) electrons. The quantitative estimate of drug-likeness (QED) is 0.427. The van der Waals surface area contributed by atoms with Crippen LogP contribution in [0.15, 0.2) is 41.5 Å². The maximum Gasteiger partial charge on any atom is 0.277 e. The lowest BCUT2D eigenvalue weighted by Crippen LogP contribution is -2.24. The molecule has 5 nitrogen and oxygen atoms in total. The molecule has 0 atom stereocenters. The maximum absolute atomic E-state index is 11.8. The van der Waals surface area contributed by atoms with Gasteiger partial charge in [-0.25, -0.2) is 5.43 Å². The van der Waals surface area contributed by atoms with Gasteiger partial charge in [-0.3, -0.25) is 4.79 Å². The van der Waals surface area contributed by atoms with Crippen LogP contribution in [0.4, 0.5) is 0 Å². The van der Waals surface area contributed by atoms with Gasteiger partial charge >= 0.3 is 0 Å². The average Bonchev–Trinajstić information content (AvgIpc) is 2.56. The zero-order valence-corrected chi connectivity index (χ0v) is 16.0. The molecule has 0 spiro atoms. The van der Waals surface area contributed by atoms with Crippen LogP contribution in [-0.2, 0) is 4.79 Å². The van der Waals surface area contributed by atoms with Crippen molar-refractivity contribution < 1.29 is 14.3 Å². The third kappa shape index (κ3) is 4.95. The Hall–Kier alpha value is -2.09. The van der Waals surface area contributed by atoms with E-state index in [0.717, 1.165) is 26.0 Å². The Balaban J connectivity index is 1.86. The average molecular weight is 438 g/mol. The summed E-state index contributed by atoms with van der Waals surface area (Å²) in [6.07, 6.45) is 1.58. The van der Waals surface area contributed by atoms with Crippen LogP contribution < -0.4 is 14.9 Å². The third-order valence-electron chi connectivity index (χ3n) is 3.49. The maximum atomic E-state index is 11.8. The highest BCUT2D eigenvalue weighted by molar-refractivity contribution is 14.1. The number of hydrazone groups is 1. The van der Waals surface area contributed by atoms with Gasteiger partial charge in [-0.05, 0) is 77.4 Å². The fourth-order valence-corrected chi connectivity index (χ4v) is 2.76. The summed E-state index contributed by atoms with van der Waals surface area (Å²) < 4.78 is 11.7. The Morgan fingerprint density at radius 1 is 1.25 bits per heavy atom. The number of carbonyl (C=O) groups excluding carboxylic acids is 1. The largest absolute Gasteiger partial charge is 0.496 e. The van der Waals surface area contributed by atoms with E-state index in [1.165, 1.54) is 0 Å². The van der Waals surface area contributed by atoms with Crippen molar-refractivity contribution >= 4 is 34.7 Å². The van der Waals surface area contributed by atoms with Crippen molar-refractivity contribution in [3.05, 3.63) is 56.7 Å². The minimum Gasteiger partial charge on any atom is -0.496 e. The number of aryl methyl sites for hydroxylation is 1. The predicted molar refractivity (Wildman–Crippen MR) is 103 cm³/mol. The van der Waals surface area contributed by atoms with Crippen LogP contribution in [0.5, 0.6) is 11.5 Å². The summed E-state index contributed by atoms with van der Waals surface area (Å²) in [5, 5.41) is 3.94. The third-order valence-corrected chi connectivity index (χ3v) is 4.34. The van der Waals surface area contributed by atoms with Crippen LogP contribution in [0.2, 0.25) is 0 Å². The molecule has 24 heavy (non-hydrogen) atoms. The molecule has 2 aromatic rings. The molecule has 0 fully saturated rings. The molecule has 0 saturated carbocycles. The number of nitrogens with one attached hydrogen (secondary N) is 1. The van der Waals surface area contributed by atoms with Gasteiger partial charge in [-0.1, -0.05) is 12.1 Å². The van der Waals surface area contributed by atoms with Crippen molar-refractivity contribution in [1.29, 1.82) is 0 Å². The van der Waals surface area contributed by atoms with Crippen LogP contribution >= 0.6 is 22.6 Å². The number of hydrogen-bond acceptors (Lipinski definition) is 4. The van der Waals surface area contributed by atoms with Crippen LogP contribution in [0.1, 0.15) is 16.7 Å². The molecule has 6 heteroatoms. The Bertz CT molecular complexity index is 760. The van der Waals surface area contributed by atoms with E-state index in [-0.39, 0.29) is 12.5 Å². The first-order chi connectivity index (χ1) is 11.5. The van der Waals surface area contributed by atoms with Crippen LogP contribution in [0, 0.1) is 17.4 Å². The van der Waals surface area contributed by atoms with Gasteiger partial charge in [-0.15, -0.1) is 0 Å². The normalized spacial score (nSPS) is 10.7. The highest BCUT2D eigenvalue weighted by Gasteiger charge is 2.05. The van der Waals surface area contributed by atoms with E-state index in [1.54, 1.807) is 13.3 Å². The smallest absolute Gasteiger partial charge is 0.277 e. The number of methoxy groups -OCH3 is 1. The standard InChI is InChI=1S/C18H19IN2O3/c1-12-5-4-6-16(13(12)2)24-11-18(22)21-20-10-14-7-8-17(23-3)15(19)9-14/h4-10H,11H2,1-3H3,(H,21,22)/b20-10+. The number of rotatable bonds is 6. The minimum atomic E-state index is -0.310. The molecule has 0 aliphatic heterocycles. The van der Waals surface area contributed by atoms with E-state index in [2.05, 4.69) is 33.1 Å². The van der Waals surface area contributed by atoms with Gasteiger partial charge in [0.15, 0.2) is 6.61 Å². The molecule has 2 aromatic carbocycles. The van der Waals surface area contributed by atoms with Crippen molar-refractivity contribution in [2.75, 3.05) is 13.7 Å². The molecule has 1 N–H and O–H groups in total. The number of ether oxygens (including phenoxy) is 2. The number of hydrogen-bond donors (Lipinski definition) is 1. The van der Waals surface area contributed by atoms with Crippen LogP contribution in [0.25, 0.3) is 0 Å². The predicted octanol–water partition coefficient (Wildman–Crippen LogP) is 3.45. The fraction of sp³-hybridized carbons (Fsp3) is 0.222. The van der Waals surface area contributed by atoms with Gasteiger partial charge in [0.25, 0.3) is 5.91 Å². The van der Waals surface area contributed by atoms with Gasteiger partial charge in [-0.2, -0.15) is 5.10 Å². The first-order valence-electron chi connectivity index (χ1n) is 7.35. The number of benzene rings is 2. The van der Waals surface area contributed by atoms with Gasteiger partial charge in [0, 0.05) is 0 Å². The fourth-order valence-electron chi connectivity index (χ4n) is 2.00. The second kappa shape index (κ2) is 8.68. The molecule has 0 heterocycles. The topological polar surface area (TPSA) is 59.9 Å². The van der Waals surface area contributed by atoms with Crippen molar-refractivity contribution in [2.24, 2.45) is 5.10 Å². The van der Waals surface area contributed by atoms with Crippen molar-refractivity contribution in [2.45, 2.75) is 13.8 Å². The molecule has 0 saturated heterocycles. The van der Waals surface area contributed by atoms with Gasteiger partial charge in [0.05, 0.1) is 16.9 Å². The molecule has 0 aliphatic rings. The van der Waals surface area contributed by atoms with E-state index in [9.17, 15) is 4.79 Å². The summed E-state index contributed by atoms with van der Waals surface area (Å²) >= 11 is 2.18. The summed E-state index contributed by atoms with van der Waals surface area (Å²) in [6.45, 7) is 3.89. The SMILES string of the molecule is COc1ccc(/C=N/NC(=O)COc2cccc(C)c2C)cc1I. The zero-order valence-electron chi connectivity index (χ0n) is 13.8. The zero-order chi connectivity index (χ0) is 17.5. The molecule has 0 bridgehead atoms. The Kier molecular flexibility index (Phi) is 6.60. The highest BCUT2D eigenvalue weighted by atomic mass is 127. The van der Waals surface area contributed by atoms with E-state index in [4.69, 9.17) is 9.47 Å². The molecular weight excluding hydrogens is 419 g/mol. The molecule has 0 aromatic heterocycles. The first kappa shape index (κ1) is 18.3. The summed E-state index contributed by atoms with van der Waals surface area (Å²) in [5.74, 6) is 1.20. The Morgan fingerprint density at radius 2 is 2.04 bits per heavy atom. The number of halogens is 1. The molecule has 0 unspecified atom stereocenters. The van der Waals surface area contributed by atoms with E-state index in [1.807, 2.05) is 50.2 Å². The number of nitrogens with zero attached hydrogens (tertiary/aromatic N) is 1. The molecular formula is C18H19IN2O3. The number of carbonyl (C=O) groups is 1. The van der Waals surface area contributed by atoms with Crippen molar-refractivity contribution in [3.63, 3.8) is 0 Å². The monoisotopic (exact) mass is 438 g/mol. The van der Waals surface area contributed by atoms with Gasteiger partial charge in [0.2, 0.25) is 0 Å². The Labute approximate surface area is 155 Å². The van der Waals surface area contributed by atoms with Gasteiger partial charge < -0.3 is 9.47 Å². The van der Waals surface area contributed by atoms with Gasteiger partial charge in [0.1, 0.15) is 11.5 Å². The Morgan fingerprint density at radius 3 is 2.75 bits per heavy atom. The lowest BCUT2D eigenvalue weighted by atomic mass is 10.1. The van der Waals surface area contributed by atoms with E-state index in [0.29, 0.717) is 5.75 Å². The number of amides is 1. The first-order valence-corrected chi connectivity index (χ1v) is 8.43. The summed E-state index contributed by atoms with van der Waals surface area (Å²) in [4.78, 5) is 11.8. The van der Waals surface area contributed by atoms with Crippen LogP contribution in [0.3, 0.4) is 0 Å². The minimum absolute atomic E-state index is 0.0816. The van der Waals surface area contributed by atoms with Crippen LogP contribution in [-0.4, -0.2) is 25.8 Å². The second-order valence-corrected chi connectivity index (χ2v) is 6.34. The lowest BCUT2D eigenvalue weighted by molar-refractivity contribution is -0.123. The highest BCUT2D eigenvalue weighted by Crippen LogP contribution is 2.21. The molecule has 1 amide bonds. The molecule has 0 aliphatic carbocycles. The second-order valence-electron chi connectivity index (χ2n) is 5.17. The summed E-state index contributed by atoms with van der Waals surface area (Å²) in [5.41, 5.74) is 5.48.